The molecule has 1 aromatic heterocycles. The van der Waals surface area contributed by atoms with Crippen LogP contribution in [0.15, 0.2) is 35.3 Å². The maximum Gasteiger partial charge on any atom is 0.190 e. The van der Waals surface area contributed by atoms with Crippen LogP contribution in [-0.2, 0) is 13.0 Å². The zero-order valence-corrected chi connectivity index (χ0v) is 18.8. The summed E-state index contributed by atoms with van der Waals surface area (Å²) in [7, 11) is 1.80. The van der Waals surface area contributed by atoms with E-state index in [1.54, 1.807) is 7.05 Å². The van der Waals surface area contributed by atoms with Crippen LogP contribution >= 0.6 is 35.6 Å². The van der Waals surface area contributed by atoms with Crippen molar-refractivity contribution < 1.29 is 0 Å². The number of aromatic nitrogens is 2. The van der Waals surface area contributed by atoms with Gasteiger partial charge in [0.15, 0.2) is 5.96 Å². The summed E-state index contributed by atoms with van der Waals surface area (Å²) in [5.74, 6) is 0.851. The Bertz CT molecular complexity index is 682. The van der Waals surface area contributed by atoms with Crippen LogP contribution in [-0.4, -0.2) is 35.9 Å². The third kappa shape index (κ3) is 7.95. The summed E-state index contributed by atoms with van der Waals surface area (Å²) < 4.78 is 2.05. The highest BCUT2D eigenvalue weighted by Gasteiger charge is 2.01. The second-order valence-electron chi connectivity index (χ2n) is 6.16. The first-order valence-electron chi connectivity index (χ1n) is 8.78. The van der Waals surface area contributed by atoms with Crippen LogP contribution in [0.5, 0.6) is 0 Å². The molecule has 1 heterocycles. The summed E-state index contributed by atoms with van der Waals surface area (Å²) in [6.07, 6.45) is 3.08. The molecule has 7 heteroatoms. The first kappa shape index (κ1) is 22.8. The minimum absolute atomic E-state index is 0. The molecule has 26 heavy (non-hydrogen) atoms. The molecule has 0 bridgehead atoms. The Labute approximate surface area is 178 Å². The predicted molar refractivity (Wildman–Crippen MR) is 121 cm³/mol. The fourth-order valence-corrected chi connectivity index (χ4v) is 2.83. The maximum absolute atomic E-state index is 5.90. The number of aliphatic imine (C=N–C) groups is 1. The van der Waals surface area contributed by atoms with Crippen molar-refractivity contribution in [3.8, 4) is 0 Å². The Morgan fingerprint density at radius 2 is 1.77 bits per heavy atom. The first-order valence-corrected chi connectivity index (χ1v) is 9.16. The van der Waals surface area contributed by atoms with Crippen LogP contribution in [0.3, 0.4) is 0 Å². The quantitative estimate of drug-likeness (QED) is 0.255. The Balaban J connectivity index is 0.00000338. The summed E-state index contributed by atoms with van der Waals surface area (Å²) in [6.45, 7) is 6.79. The highest BCUT2D eigenvalue weighted by Crippen LogP contribution is 2.10. The van der Waals surface area contributed by atoms with Gasteiger partial charge in [-0.3, -0.25) is 9.67 Å². The van der Waals surface area contributed by atoms with Crippen molar-refractivity contribution in [2.75, 3.05) is 20.1 Å². The molecule has 0 saturated carbocycles. The fourth-order valence-electron chi connectivity index (χ4n) is 2.71. The van der Waals surface area contributed by atoms with E-state index in [9.17, 15) is 0 Å². The second kappa shape index (κ2) is 12.2. The van der Waals surface area contributed by atoms with Crippen LogP contribution < -0.4 is 10.6 Å². The van der Waals surface area contributed by atoms with Crippen molar-refractivity contribution in [2.45, 2.75) is 39.7 Å². The van der Waals surface area contributed by atoms with Gasteiger partial charge >= 0.3 is 0 Å². The highest BCUT2D eigenvalue weighted by atomic mass is 127. The normalized spacial score (nSPS) is 11.2. The molecule has 0 radical (unpaired) electrons. The topological polar surface area (TPSA) is 54.2 Å². The average molecular weight is 490 g/mol. The smallest absolute Gasteiger partial charge is 0.190 e. The number of rotatable bonds is 8. The molecule has 2 rings (SSSR count). The SMILES string of the molecule is CN=C(NCCCc1ccc(Cl)cc1)NCCCn1nc(C)cc1C.I. The van der Waals surface area contributed by atoms with E-state index in [0.717, 1.165) is 55.6 Å². The molecule has 2 N–H and O–H groups in total. The Hall–Kier alpha value is -1.28. The van der Waals surface area contributed by atoms with Gasteiger partial charge in [0, 0.05) is 37.4 Å². The molecule has 0 spiro atoms. The summed E-state index contributed by atoms with van der Waals surface area (Å²) in [5.41, 5.74) is 3.59. The second-order valence-corrected chi connectivity index (χ2v) is 6.60. The van der Waals surface area contributed by atoms with Gasteiger partial charge in [0.2, 0.25) is 0 Å². The van der Waals surface area contributed by atoms with Gasteiger partial charge in [0.25, 0.3) is 0 Å². The molecule has 144 valence electrons. The van der Waals surface area contributed by atoms with Crippen LogP contribution in [0.2, 0.25) is 5.02 Å². The molecule has 0 fully saturated rings. The predicted octanol–water partition coefficient (Wildman–Crippen LogP) is 3.96. The van der Waals surface area contributed by atoms with Crippen LogP contribution in [0.4, 0.5) is 0 Å². The van der Waals surface area contributed by atoms with E-state index >= 15 is 0 Å². The highest BCUT2D eigenvalue weighted by molar-refractivity contribution is 14.0. The van der Waals surface area contributed by atoms with Gasteiger partial charge in [-0.1, -0.05) is 23.7 Å². The lowest BCUT2D eigenvalue weighted by molar-refractivity contribution is 0.555. The molecular weight excluding hydrogens is 461 g/mol. The molecule has 1 aromatic carbocycles. The number of nitrogens with zero attached hydrogens (tertiary/aromatic N) is 3. The monoisotopic (exact) mass is 489 g/mol. The largest absolute Gasteiger partial charge is 0.356 e. The van der Waals surface area contributed by atoms with Crippen LogP contribution in [0.1, 0.15) is 29.8 Å². The van der Waals surface area contributed by atoms with Gasteiger partial charge in [-0.15, -0.1) is 24.0 Å². The molecule has 0 aliphatic rings. The van der Waals surface area contributed by atoms with E-state index in [1.807, 2.05) is 19.1 Å². The lowest BCUT2D eigenvalue weighted by atomic mass is 10.1. The van der Waals surface area contributed by atoms with Crippen LogP contribution in [0, 0.1) is 13.8 Å². The standard InChI is InChI=1S/C19H28ClN5.HI/c1-15-14-16(2)25(24-15)13-5-12-23-19(21-3)22-11-4-6-17-7-9-18(20)10-8-17;/h7-10,14H,4-6,11-13H2,1-3H3,(H2,21,22,23);1H. The number of hydrogen-bond donors (Lipinski definition) is 2. The molecule has 5 nitrogen and oxygen atoms in total. The van der Waals surface area contributed by atoms with E-state index < -0.39 is 0 Å². The van der Waals surface area contributed by atoms with Crippen molar-refractivity contribution in [1.29, 1.82) is 0 Å². The summed E-state index contributed by atoms with van der Waals surface area (Å²) in [6, 6.07) is 10.1. The van der Waals surface area contributed by atoms with Crippen molar-refractivity contribution >= 4 is 41.5 Å². The van der Waals surface area contributed by atoms with E-state index in [0.29, 0.717) is 0 Å². The Morgan fingerprint density at radius 1 is 1.12 bits per heavy atom. The van der Waals surface area contributed by atoms with Gasteiger partial charge in [0.05, 0.1) is 5.69 Å². The number of benzene rings is 1. The van der Waals surface area contributed by atoms with Crippen molar-refractivity contribution in [2.24, 2.45) is 4.99 Å². The first-order chi connectivity index (χ1) is 12.1. The molecular formula is C19H29ClIN5. The minimum Gasteiger partial charge on any atom is -0.356 e. The number of halogens is 2. The number of nitrogens with one attached hydrogen (secondary N) is 2. The lowest BCUT2D eigenvalue weighted by Crippen LogP contribution is -2.38. The average Bonchev–Trinajstić information content (AvgIpc) is 2.92. The van der Waals surface area contributed by atoms with Crippen molar-refractivity contribution in [3.05, 3.63) is 52.3 Å². The van der Waals surface area contributed by atoms with Crippen molar-refractivity contribution in [1.82, 2.24) is 20.4 Å². The zero-order valence-electron chi connectivity index (χ0n) is 15.8. The molecule has 0 aliphatic heterocycles. The van der Waals surface area contributed by atoms with E-state index in [2.05, 4.69) is 50.5 Å². The van der Waals surface area contributed by atoms with Gasteiger partial charge in [-0.2, -0.15) is 5.10 Å². The van der Waals surface area contributed by atoms with Crippen molar-refractivity contribution in [3.63, 3.8) is 0 Å². The third-order valence-corrected chi connectivity index (χ3v) is 4.27. The summed E-state index contributed by atoms with van der Waals surface area (Å²) >= 11 is 5.90. The molecule has 0 unspecified atom stereocenters. The number of aryl methyl sites for hydroxylation is 4. The molecule has 2 aromatic rings. The van der Waals surface area contributed by atoms with Gasteiger partial charge < -0.3 is 10.6 Å². The van der Waals surface area contributed by atoms with Gasteiger partial charge in [0.1, 0.15) is 0 Å². The molecule has 0 atom stereocenters. The summed E-state index contributed by atoms with van der Waals surface area (Å²) in [4.78, 5) is 4.26. The minimum atomic E-state index is 0. The van der Waals surface area contributed by atoms with E-state index in [-0.39, 0.29) is 24.0 Å². The van der Waals surface area contributed by atoms with Gasteiger partial charge in [-0.05, 0) is 56.9 Å². The molecule has 0 aliphatic carbocycles. The lowest BCUT2D eigenvalue weighted by Gasteiger charge is -2.12. The Morgan fingerprint density at radius 3 is 2.35 bits per heavy atom. The molecule has 0 amide bonds. The van der Waals surface area contributed by atoms with E-state index in [4.69, 9.17) is 11.6 Å². The van der Waals surface area contributed by atoms with E-state index in [1.165, 1.54) is 11.3 Å². The van der Waals surface area contributed by atoms with Gasteiger partial charge in [-0.25, -0.2) is 0 Å². The Kier molecular flexibility index (Phi) is 10.7. The number of guanidine groups is 1. The maximum atomic E-state index is 5.90. The fraction of sp³-hybridized carbons (Fsp3) is 0.474. The third-order valence-electron chi connectivity index (χ3n) is 4.01. The zero-order chi connectivity index (χ0) is 18.1. The summed E-state index contributed by atoms with van der Waals surface area (Å²) in [5, 5.41) is 12.0. The molecule has 0 saturated heterocycles. The number of hydrogen-bond acceptors (Lipinski definition) is 2. The van der Waals surface area contributed by atoms with Crippen LogP contribution in [0.25, 0.3) is 0 Å².